The fourth-order valence-electron chi connectivity index (χ4n) is 2.61. The van der Waals surface area contributed by atoms with Crippen molar-refractivity contribution < 1.29 is 4.74 Å². The summed E-state index contributed by atoms with van der Waals surface area (Å²) in [7, 11) is 3.48. The number of methoxy groups -OCH3 is 1. The molecule has 9 heteroatoms. The Morgan fingerprint density at radius 3 is 2.59 bits per heavy atom. The standard InChI is InChI=1S/C18H30N6OS.HI/c1-12(2)16-11-26-17(22-16)10-21-18(19-5)20-9-15-13(3)23-24(14(15)4)7-8-25-6;/h11-12H,7-10H2,1-6H3,(H2,19,20,21);1H. The molecule has 0 aliphatic carbocycles. The van der Waals surface area contributed by atoms with E-state index in [1.165, 1.54) is 5.56 Å². The summed E-state index contributed by atoms with van der Waals surface area (Å²) in [6.07, 6.45) is 0. The van der Waals surface area contributed by atoms with Gasteiger partial charge in [-0.15, -0.1) is 35.3 Å². The molecule has 0 saturated heterocycles. The number of rotatable bonds is 8. The molecule has 0 fully saturated rings. The third-order valence-corrected chi connectivity index (χ3v) is 5.13. The number of nitrogens with zero attached hydrogens (tertiary/aromatic N) is 4. The van der Waals surface area contributed by atoms with Crippen molar-refractivity contribution in [3.63, 3.8) is 0 Å². The van der Waals surface area contributed by atoms with Gasteiger partial charge < -0.3 is 15.4 Å². The zero-order chi connectivity index (χ0) is 19.1. The fourth-order valence-corrected chi connectivity index (χ4v) is 3.50. The number of halogens is 1. The lowest BCUT2D eigenvalue weighted by Crippen LogP contribution is -2.36. The number of aromatic nitrogens is 3. The van der Waals surface area contributed by atoms with Gasteiger partial charge in [0, 0.05) is 37.3 Å². The van der Waals surface area contributed by atoms with Crippen molar-refractivity contribution in [3.05, 3.63) is 33.0 Å². The molecule has 0 aromatic carbocycles. The minimum absolute atomic E-state index is 0. The molecule has 0 amide bonds. The van der Waals surface area contributed by atoms with E-state index < -0.39 is 0 Å². The normalized spacial score (nSPS) is 11.6. The van der Waals surface area contributed by atoms with Crippen molar-refractivity contribution in [2.75, 3.05) is 20.8 Å². The zero-order valence-corrected chi connectivity index (χ0v) is 20.1. The third kappa shape index (κ3) is 6.72. The van der Waals surface area contributed by atoms with Gasteiger partial charge in [0.1, 0.15) is 5.01 Å². The van der Waals surface area contributed by atoms with Crippen LogP contribution in [0.5, 0.6) is 0 Å². The van der Waals surface area contributed by atoms with Crippen LogP contribution < -0.4 is 10.6 Å². The Bertz CT molecular complexity index is 740. The summed E-state index contributed by atoms with van der Waals surface area (Å²) < 4.78 is 7.14. The second kappa shape index (κ2) is 11.6. The molecule has 0 atom stereocenters. The number of aliphatic imine (C=N–C) groups is 1. The van der Waals surface area contributed by atoms with Crippen LogP contribution in [0.2, 0.25) is 0 Å². The number of thiazole rings is 1. The maximum atomic E-state index is 5.15. The summed E-state index contributed by atoms with van der Waals surface area (Å²) in [5, 5.41) is 14.5. The maximum Gasteiger partial charge on any atom is 0.191 e. The van der Waals surface area contributed by atoms with Crippen molar-refractivity contribution >= 4 is 41.3 Å². The molecule has 2 rings (SSSR count). The Hall–Kier alpha value is -1.20. The molecule has 0 bridgehead atoms. The van der Waals surface area contributed by atoms with Gasteiger partial charge in [-0.2, -0.15) is 5.10 Å². The van der Waals surface area contributed by atoms with Gasteiger partial charge in [-0.05, 0) is 19.8 Å². The van der Waals surface area contributed by atoms with Crippen LogP contribution in [-0.4, -0.2) is 41.5 Å². The van der Waals surface area contributed by atoms with Crippen LogP contribution in [0, 0.1) is 13.8 Å². The SMILES string of the molecule is CN=C(NCc1nc(C(C)C)cs1)NCc1c(C)nn(CCOC)c1C.I. The Kier molecular flexibility index (Phi) is 10.2. The molecule has 2 aromatic heterocycles. The second-order valence-electron chi connectivity index (χ2n) is 6.47. The Morgan fingerprint density at radius 1 is 1.30 bits per heavy atom. The van der Waals surface area contributed by atoms with Crippen molar-refractivity contribution in [3.8, 4) is 0 Å². The maximum absolute atomic E-state index is 5.15. The van der Waals surface area contributed by atoms with Crippen LogP contribution in [0.4, 0.5) is 0 Å². The molecular formula is C18H31IN6OS. The van der Waals surface area contributed by atoms with Gasteiger partial charge in [0.05, 0.1) is 31.1 Å². The summed E-state index contributed by atoms with van der Waals surface area (Å²) in [6, 6.07) is 0. The molecule has 2 heterocycles. The van der Waals surface area contributed by atoms with Gasteiger partial charge in [0.25, 0.3) is 0 Å². The highest BCUT2D eigenvalue weighted by molar-refractivity contribution is 14.0. The lowest BCUT2D eigenvalue weighted by atomic mass is 10.2. The number of hydrogen-bond donors (Lipinski definition) is 2. The Morgan fingerprint density at radius 2 is 2.00 bits per heavy atom. The van der Waals surface area contributed by atoms with Crippen molar-refractivity contribution in [1.82, 2.24) is 25.4 Å². The van der Waals surface area contributed by atoms with Crippen LogP contribution >= 0.6 is 35.3 Å². The van der Waals surface area contributed by atoms with E-state index in [4.69, 9.17) is 4.74 Å². The third-order valence-electron chi connectivity index (χ3n) is 4.26. The van der Waals surface area contributed by atoms with Crippen molar-refractivity contribution in [2.24, 2.45) is 4.99 Å². The predicted molar refractivity (Wildman–Crippen MR) is 122 cm³/mol. The summed E-state index contributed by atoms with van der Waals surface area (Å²) in [5.74, 6) is 1.22. The summed E-state index contributed by atoms with van der Waals surface area (Å²) in [4.78, 5) is 8.94. The quantitative estimate of drug-likeness (QED) is 0.327. The average Bonchev–Trinajstić information content (AvgIpc) is 3.19. The topological polar surface area (TPSA) is 76.4 Å². The molecule has 0 radical (unpaired) electrons. The van der Waals surface area contributed by atoms with E-state index in [1.807, 2.05) is 11.6 Å². The highest BCUT2D eigenvalue weighted by Crippen LogP contribution is 2.17. The van der Waals surface area contributed by atoms with E-state index >= 15 is 0 Å². The number of aryl methyl sites for hydroxylation is 1. The van der Waals surface area contributed by atoms with Gasteiger partial charge in [-0.25, -0.2) is 4.98 Å². The smallest absolute Gasteiger partial charge is 0.191 e. The van der Waals surface area contributed by atoms with Crippen LogP contribution in [0.15, 0.2) is 10.4 Å². The number of ether oxygens (including phenoxy) is 1. The Balaban J connectivity index is 0.00000364. The average molecular weight is 506 g/mol. The van der Waals surface area contributed by atoms with Crippen molar-refractivity contribution in [1.29, 1.82) is 0 Å². The molecule has 27 heavy (non-hydrogen) atoms. The van der Waals surface area contributed by atoms with E-state index in [0.29, 0.717) is 25.6 Å². The molecule has 2 N–H and O–H groups in total. The lowest BCUT2D eigenvalue weighted by molar-refractivity contribution is 0.182. The second-order valence-corrected chi connectivity index (χ2v) is 7.41. The van der Waals surface area contributed by atoms with E-state index in [0.717, 1.165) is 34.6 Å². The summed E-state index contributed by atoms with van der Waals surface area (Å²) >= 11 is 1.68. The Labute approximate surface area is 183 Å². The first-order chi connectivity index (χ1) is 12.5. The van der Waals surface area contributed by atoms with Crippen LogP contribution in [0.1, 0.15) is 47.4 Å². The largest absolute Gasteiger partial charge is 0.383 e. The highest BCUT2D eigenvalue weighted by Gasteiger charge is 2.12. The first-order valence-electron chi connectivity index (χ1n) is 8.86. The lowest BCUT2D eigenvalue weighted by Gasteiger charge is -2.11. The molecule has 0 aliphatic heterocycles. The van der Waals surface area contributed by atoms with E-state index in [9.17, 15) is 0 Å². The number of nitrogens with one attached hydrogen (secondary N) is 2. The molecule has 0 unspecified atom stereocenters. The number of hydrogen-bond acceptors (Lipinski definition) is 5. The molecular weight excluding hydrogens is 475 g/mol. The van der Waals surface area contributed by atoms with E-state index in [2.05, 4.69) is 51.9 Å². The zero-order valence-electron chi connectivity index (χ0n) is 17.0. The van der Waals surface area contributed by atoms with Crippen LogP contribution in [-0.2, 0) is 24.4 Å². The van der Waals surface area contributed by atoms with Gasteiger partial charge in [0.2, 0.25) is 0 Å². The first kappa shape index (κ1) is 23.8. The number of guanidine groups is 1. The molecule has 0 saturated carbocycles. The van der Waals surface area contributed by atoms with E-state index in [-0.39, 0.29) is 24.0 Å². The summed E-state index contributed by atoms with van der Waals surface area (Å²) in [6.45, 7) is 11.2. The predicted octanol–water partition coefficient (Wildman–Crippen LogP) is 3.21. The molecule has 0 aliphatic rings. The first-order valence-corrected chi connectivity index (χ1v) is 9.74. The van der Waals surface area contributed by atoms with E-state index in [1.54, 1.807) is 25.5 Å². The van der Waals surface area contributed by atoms with Crippen LogP contribution in [0.3, 0.4) is 0 Å². The molecule has 2 aromatic rings. The van der Waals surface area contributed by atoms with Gasteiger partial charge in [-0.1, -0.05) is 13.8 Å². The minimum Gasteiger partial charge on any atom is -0.383 e. The van der Waals surface area contributed by atoms with Gasteiger partial charge in [0.15, 0.2) is 5.96 Å². The van der Waals surface area contributed by atoms with Gasteiger partial charge >= 0.3 is 0 Å². The fraction of sp³-hybridized carbons (Fsp3) is 0.611. The van der Waals surface area contributed by atoms with Crippen LogP contribution in [0.25, 0.3) is 0 Å². The van der Waals surface area contributed by atoms with Crippen molar-refractivity contribution in [2.45, 2.75) is 53.2 Å². The highest BCUT2D eigenvalue weighted by atomic mass is 127. The molecule has 7 nitrogen and oxygen atoms in total. The molecule has 0 spiro atoms. The molecule has 152 valence electrons. The van der Waals surface area contributed by atoms with Gasteiger partial charge in [-0.3, -0.25) is 9.67 Å². The summed E-state index contributed by atoms with van der Waals surface area (Å²) in [5.41, 5.74) is 4.52. The minimum atomic E-state index is 0. The monoisotopic (exact) mass is 506 g/mol.